The fourth-order valence-electron chi connectivity index (χ4n) is 13.6. The van der Waals surface area contributed by atoms with E-state index < -0.39 is 46.0 Å². The summed E-state index contributed by atoms with van der Waals surface area (Å²) in [6.07, 6.45) is 62.2. The topological polar surface area (TPSA) is 277 Å². The first kappa shape index (κ1) is 111. The lowest BCUT2D eigenvalue weighted by Crippen LogP contribution is -2.41. The third-order valence-corrected chi connectivity index (χ3v) is 23.5. The van der Waals surface area contributed by atoms with Crippen molar-refractivity contribution >= 4 is 51.2 Å². The van der Waals surface area contributed by atoms with Crippen molar-refractivity contribution < 1.29 is 84.0 Å². The molecule has 0 heterocycles. The highest BCUT2D eigenvalue weighted by molar-refractivity contribution is 7.48. The summed E-state index contributed by atoms with van der Waals surface area (Å²) in [7, 11) is -8.69. The van der Waals surface area contributed by atoms with Gasteiger partial charge in [-0.2, -0.15) is 0 Å². The molecular weight excluding hydrogens is 1500 g/mol. The number of carbonyl (C=O) groups excluding carboxylic acids is 6. The number of phosphoric ester groups is 2. The Labute approximate surface area is 702 Å². The minimum atomic E-state index is -4.35. The molecule has 0 aliphatic carbocycles. The monoisotopic (exact) mass is 1670 g/mol. The Morgan fingerprint density at radius 1 is 0.296 bits per heavy atom. The van der Waals surface area contributed by atoms with Gasteiger partial charge >= 0.3 is 27.6 Å². The van der Waals surface area contributed by atoms with Crippen LogP contribution in [-0.2, 0) is 84.0 Å². The largest absolute Gasteiger partial charge is 0.475 e. The second-order valence-electron chi connectivity index (χ2n) is 31.8. The lowest BCUT2D eigenvalue weighted by atomic mass is 10.1. The van der Waals surface area contributed by atoms with Crippen molar-refractivity contribution in [3.63, 3.8) is 0 Å². The van der Waals surface area contributed by atoms with Gasteiger partial charge in [0.15, 0.2) is 0 Å². The number of nitrogens with one attached hydrogen (secondary N) is 4. The van der Waals surface area contributed by atoms with Crippen LogP contribution in [0.5, 0.6) is 0 Å². The van der Waals surface area contributed by atoms with Crippen molar-refractivity contribution in [2.75, 3.05) is 79.2 Å². The highest BCUT2D eigenvalue weighted by Crippen LogP contribution is 2.50. The van der Waals surface area contributed by atoms with E-state index in [0.717, 1.165) is 154 Å². The molecule has 115 heavy (non-hydrogen) atoms. The van der Waals surface area contributed by atoms with Gasteiger partial charge < -0.3 is 40.2 Å². The third-order valence-electron chi connectivity index (χ3n) is 20.6. The van der Waals surface area contributed by atoms with Gasteiger partial charge in [-0.15, -0.1) is 13.2 Å². The lowest BCUT2D eigenvalue weighted by Gasteiger charge is -2.23. The first-order valence-electron chi connectivity index (χ1n) is 47.0. The predicted molar refractivity (Wildman–Crippen MR) is 469 cm³/mol. The standard InChI is InChI=1S/C91H174N4O18P2/c1-9-17-23-29-33-37-39-43-45-51-57-63-86(96)94-82(78-104-73-67-84(61-55-49-27-21-13-5)112-90(100)65-59-53-47-41-35-31-25-19-11-3)80-110-114(102,106-71-15-7)108-75-69-92-88(98)77-89(99)93-70-76-109-115(103,107-72-16-8)111-81-83(95-87(97)64-58-52-46-44-40-38-34-30-24-18-10-2)79-105-74-68-85(62-56-50-28-22-14-6)113-91(101)66-60-54-48-42-36-32-26-20-12-4/h15-16,82-85H,7-14,17-81H2,1-6H3,(H,92,98)(H,93,99)(H,94,96)(H,95,97)/t82-,83-,84-,85-,114?,115?/m1/s1. The van der Waals surface area contributed by atoms with E-state index in [2.05, 4.69) is 76.0 Å². The molecule has 0 aromatic heterocycles. The summed E-state index contributed by atoms with van der Waals surface area (Å²) in [6.45, 7) is 19.1. The third kappa shape index (κ3) is 76.3. The molecule has 0 aliphatic heterocycles. The summed E-state index contributed by atoms with van der Waals surface area (Å²) in [5.74, 6) is -2.14. The van der Waals surface area contributed by atoms with Gasteiger partial charge in [-0.25, -0.2) is 9.13 Å². The number of unbranched alkanes of at least 4 members (excludes halogenated alkanes) is 44. The fraction of sp³-hybridized carbons (Fsp3) is 0.890. The van der Waals surface area contributed by atoms with Crippen molar-refractivity contribution in [3.05, 3.63) is 25.3 Å². The van der Waals surface area contributed by atoms with Crippen molar-refractivity contribution in [3.8, 4) is 0 Å². The number of ether oxygens (including phenoxy) is 4. The Hall–Kier alpha value is -3.56. The Balaban J connectivity index is 5.92. The molecule has 4 amide bonds. The quantitative estimate of drug-likeness (QED) is 0.0145. The van der Waals surface area contributed by atoms with E-state index in [1.54, 1.807) is 0 Å². The van der Waals surface area contributed by atoms with Gasteiger partial charge in [-0.1, -0.05) is 336 Å². The van der Waals surface area contributed by atoms with Crippen LogP contribution in [0.4, 0.5) is 0 Å². The van der Waals surface area contributed by atoms with Gasteiger partial charge in [-0.05, 0) is 51.4 Å². The van der Waals surface area contributed by atoms with E-state index in [9.17, 15) is 37.9 Å². The van der Waals surface area contributed by atoms with E-state index in [0.29, 0.717) is 51.4 Å². The van der Waals surface area contributed by atoms with Gasteiger partial charge in [0.05, 0.1) is 78.2 Å². The number of carbonyl (C=O) groups is 6. The molecule has 0 saturated heterocycles. The average Bonchev–Trinajstić information content (AvgIpc) is 0.888. The fourth-order valence-corrected chi connectivity index (χ4v) is 16.0. The van der Waals surface area contributed by atoms with Crippen LogP contribution in [0.3, 0.4) is 0 Å². The lowest BCUT2D eigenvalue weighted by molar-refractivity contribution is -0.151. The molecule has 0 spiro atoms. The molecule has 0 aromatic rings. The van der Waals surface area contributed by atoms with Crippen LogP contribution in [0.1, 0.15) is 420 Å². The van der Waals surface area contributed by atoms with E-state index >= 15 is 0 Å². The molecule has 0 saturated carbocycles. The Morgan fingerprint density at radius 2 is 0.557 bits per heavy atom. The molecule has 0 fully saturated rings. The Morgan fingerprint density at radius 3 is 0.835 bits per heavy atom. The molecule has 6 atom stereocenters. The summed E-state index contributed by atoms with van der Waals surface area (Å²) in [5, 5.41) is 11.2. The highest BCUT2D eigenvalue weighted by atomic mass is 31.2. The van der Waals surface area contributed by atoms with E-state index in [4.69, 9.17) is 46.1 Å². The maximum Gasteiger partial charge on any atom is 0.475 e. The maximum atomic E-state index is 14.2. The summed E-state index contributed by atoms with van der Waals surface area (Å²) >= 11 is 0. The van der Waals surface area contributed by atoms with Crippen molar-refractivity contribution in [2.45, 2.75) is 445 Å². The van der Waals surface area contributed by atoms with Crippen LogP contribution >= 0.6 is 15.6 Å². The molecule has 0 aromatic carbocycles. The first-order valence-corrected chi connectivity index (χ1v) is 49.9. The molecule has 22 nitrogen and oxygen atoms in total. The van der Waals surface area contributed by atoms with Gasteiger partial charge in [0.1, 0.15) is 18.6 Å². The van der Waals surface area contributed by atoms with E-state index in [1.165, 1.54) is 179 Å². The smallest absolute Gasteiger partial charge is 0.462 e. The molecule has 4 N–H and O–H groups in total. The van der Waals surface area contributed by atoms with E-state index in [-0.39, 0.29) is 115 Å². The molecule has 0 rings (SSSR count). The predicted octanol–water partition coefficient (Wildman–Crippen LogP) is 23.9. The summed E-state index contributed by atoms with van der Waals surface area (Å²) in [5.41, 5.74) is 0. The first-order chi connectivity index (χ1) is 56.0. The van der Waals surface area contributed by atoms with Crippen LogP contribution < -0.4 is 21.3 Å². The summed E-state index contributed by atoms with van der Waals surface area (Å²) < 4.78 is 87.0. The molecule has 676 valence electrons. The van der Waals surface area contributed by atoms with Gasteiger partial charge in [0.2, 0.25) is 23.6 Å². The molecule has 24 heteroatoms. The Bertz CT molecular complexity index is 2240. The highest BCUT2D eigenvalue weighted by Gasteiger charge is 2.31. The zero-order chi connectivity index (χ0) is 84.3. The second kappa shape index (κ2) is 84.1. The van der Waals surface area contributed by atoms with Gasteiger partial charge in [0.25, 0.3) is 0 Å². The minimum absolute atomic E-state index is 0.00135. The SMILES string of the molecule is C=CCOP(=O)(OCCNC(=O)CC(=O)NCCOP(=O)(OCC=C)OC[C@@H](COCC[C@@H](CCCCCCC)OC(=O)CCCCCCCCCCC)NC(=O)CCCCCCCCCCCCC)OC[C@@H](COCC[C@@H](CCCCCCC)OC(=O)CCCCCCCCCCC)NC(=O)CCCCCCCCCCCCC. The van der Waals surface area contributed by atoms with Crippen molar-refractivity contribution in [1.82, 2.24) is 21.3 Å². The number of hydrogen-bond acceptors (Lipinski definition) is 18. The van der Waals surface area contributed by atoms with Crippen LogP contribution in [-0.4, -0.2) is 139 Å². The van der Waals surface area contributed by atoms with Crippen LogP contribution in [0, 0.1) is 0 Å². The number of esters is 2. The number of rotatable bonds is 92. The molecule has 2 unspecified atom stereocenters. The molecular formula is C91H174N4O18P2. The number of hydrogen-bond donors (Lipinski definition) is 4. The van der Waals surface area contributed by atoms with Crippen LogP contribution in [0.15, 0.2) is 25.3 Å². The second-order valence-corrected chi connectivity index (χ2v) is 35.1. The normalized spacial score (nSPS) is 13.6. The minimum Gasteiger partial charge on any atom is -0.462 e. The summed E-state index contributed by atoms with van der Waals surface area (Å²) in [4.78, 5) is 79.4. The van der Waals surface area contributed by atoms with Gasteiger partial charge in [-0.3, -0.25) is 55.9 Å². The number of phosphoric acid groups is 2. The number of amides is 4. The average molecular weight is 1670 g/mol. The zero-order valence-electron chi connectivity index (χ0n) is 74.3. The van der Waals surface area contributed by atoms with Crippen LogP contribution in [0.25, 0.3) is 0 Å². The molecule has 0 radical (unpaired) electrons. The van der Waals surface area contributed by atoms with Crippen molar-refractivity contribution in [1.29, 1.82) is 0 Å². The Kier molecular flexibility index (Phi) is 81.5. The summed E-state index contributed by atoms with van der Waals surface area (Å²) in [6, 6.07) is -1.52. The van der Waals surface area contributed by atoms with E-state index in [1.807, 2.05) is 0 Å². The van der Waals surface area contributed by atoms with Crippen molar-refractivity contribution in [2.24, 2.45) is 0 Å². The maximum absolute atomic E-state index is 14.2. The zero-order valence-corrected chi connectivity index (χ0v) is 76.1. The van der Waals surface area contributed by atoms with Gasteiger partial charge in [0, 0.05) is 51.6 Å². The molecule has 0 bridgehead atoms. The van der Waals surface area contributed by atoms with Crippen LogP contribution in [0.2, 0.25) is 0 Å². The molecule has 0 aliphatic rings.